The lowest BCUT2D eigenvalue weighted by atomic mass is 9.85. The smallest absolute Gasteiger partial charge is 0.206 e. The average Bonchev–Trinajstić information content (AvgIpc) is 2.78. The molecule has 1 fully saturated rings. The van der Waals surface area contributed by atoms with Crippen LogP contribution in [0.4, 0.5) is 0 Å². The predicted molar refractivity (Wildman–Crippen MR) is 83.1 cm³/mol. The third-order valence-electron chi connectivity index (χ3n) is 3.64. The Morgan fingerprint density at radius 1 is 1.45 bits per heavy atom. The molecule has 1 aliphatic carbocycles. The van der Waals surface area contributed by atoms with Crippen LogP contribution in [0.25, 0.3) is 0 Å². The van der Waals surface area contributed by atoms with Gasteiger partial charge < -0.3 is 0 Å². The van der Waals surface area contributed by atoms with E-state index in [-0.39, 0.29) is 10.1 Å². The number of sulfonamides is 1. The summed E-state index contributed by atoms with van der Waals surface area (Å²) in [7, 11) is -3.61. The highest BCUT2D eigenvalue weighted by Gasteiger charge is 2.29. The molecule has 0 aromatic carbocycles. The van der Waals surface area contributed by atoms with Crippen molar-refractivity contribution < 1.29 is 8.42 Å². The summed E-state index contributed by atoms with van der Waals surface area (Å²) in [5, 5.41) is 9.27. The number of aryl methyl sites for hydroxylation is 1. The molecule has 1 heterocycles. The van der Waals surface area contributed by atoms with Crippen molar-refractivity contribution in [1.82, 2.24) is 4.72 Å². The van der Waals surface area contributed by atoms with E-state index < -0.39 is 16.1 Å². The summed E-state index contributed by atoms with van der Waals surface area (Å²) < 4.78 is 28.3. The lowest BCUT2D eigenvalue weighted by molar-refractivity contribution is 0.324. The third-order valence-corrected chi connectivity index (χ3v) is 7.69. The van der Waals surface area contributed by atoms with Gasteiger partial charge in [-0.05, 0) is 53.2 Å². The lowest BCUT2D eigenvalue weighted by Crippen LogP contribution is -2.39. The van der Waals surface area contributed by atoms with Crippen molar-refractivity contribution in [2.24, 2.45) is 5.92 Å². The van der Waals surface area contributed by atoms with Gasteiger partial charge in [0.05, 0.1) is 9.86 Å². The van der Waals surface area contributed by atoms with Crippen LogP contribution in [-0.2, 0) is 10.0 Å². The molecule has 4 nitrogen and oxygen atoms in total. The van der Waals surface area contributed by atoms with E-state index >= 15 is 0 Å². The third kappa shape index (κ3) is 3.61. The van der Waals surface area contributed by atoms with Gasteiger partial charge in [-0.3, -0.25) is 0 Å². The molecule has 1 saturated carbocycles. The molecule has 110 valence electrons. The minimum absolute atomic E-state index is 0.132. The van der Waals surface area contributed by atoms with Crippen LogP contribution >= 0.6 is 27.3 Å². The van der Waals surface area contributed by atoms with Gasteiger partial charge in [0, 0.05) is 0 Å². The first-order valence-corrected chi connectivity index (χ1v) is 9.71. The molecule has 1 aliphatic rings. The molecule has 1 aromatic heterocycles. The molecule has 0 bridgehead atoms. The van der Waals surface area contributed by atoms with Gasteiger partial charge >= 0.3 is 0 Å². The Balaban J connectivity index is 2.15. The lowest BCUT2D eigenvalue weighted by Gasteiger charge is -2.25. The highest BCUT2D eigenvalue weighted by molar-refractivity contribution is 9.11. The van der Waals surface area contributed by atoms with Crippen molar-refractivity contribution in [3.63, 3.8) is 0 Å². The fourth-order valence-corrected chi connectivity index (χ4v) is 5.94. The van der Waals surface area contributed by atoms with Crippen LogP contribution in [0.5, 0.6) is 0 Å². The van der Waals surface area contributed by atoms with E-state index in [2.05, 4.69) is 26.7 Å². The van der Waals surface area contributed by atoms with Crippen molar-refractivity contribution in [1.29, 1.82) is 5.26 Å². The zero-order chi connectivity index (χ0) is 14.8. The first-order chi connectivity index (χ1) is 9.44. The molecule has 1 aromatic rings. The Morgan fingerprint density at radius 2 is 2.10 bits per heavy atom. The van der Waals surface area contributed by atoms with Gasteiger partial charge in [0.2, 0.25) is 0 Å². The quantitative estimate of drug-likeness (QED) is 0.872. The SMILES string of the molecule is Cc1cc(S(=O)(=O)NC(C#N)C2CCCCC2)sc1Br. The van der Waals surface area contributed by atoms with Crippen LogP contribution in [0, 0.1) is 24.2 Å². The summed E-state index contributed by atoms with van der Waals surface area (Å²) in [6.45, 7) is 1.85. The van der Waals surface area contributed by atoms with Gasteiger partial charge in [-0.2, -0.15) is 9.98 Å². The number of rotatable bonds is 4. The summed E-state index contributed by atoms with van der Waals surface area (Å²) in [4.78, 5) is 0. The molecule has 1 atom stereocenters. The Kier molecular flexibility index (Phi) is 5.24. The van der Waals surface area contributed by atoms with Crippen LogP contribution < -0.4 is 4.72 Å². The largest absolute Gasteiger partial charge is 0.251 e. The van der Waals surface area contributed by atoms with Crippen molar-refractivity contribution in [3.05, 3.63) is 15.4 Å². The van der Waals surface area contributed by atoms with Crippen LogP contribution in [0.2, 0.25) is 0 Å². The number of nitriles is 1. The zero-order valence-corrected chi connectivity index (χ0v) is 14.4. The second kappa shape index (κ2) is 6.56. The predicted octanol–water partition coefficient (Wildman–Crippen LogP) is 3.57. The monoisotopic (exact) mass is 376 g/mol. The topological polar surface area (TPSA) is 70.0 Å². The Labute approximate surface area is 132 Å². The van der Waals surface area contributed by atoms with E-state index in [1.807, 2.05) is 6.92 Å². The van der Waals surface area contributed by atoms with Crippen LogP contribution in [0.1, 0.15) is 37.7 Å². The molecule has 1 unspecified atom stereocenters. The van der Waals surface area contributed by atoms with Crippen LogP contribution in [-0.4, -0.2) is 14.5 Å². The number of nitrogens with zero attached hydrogens (tertiary/aromatic N) is 1. The van der Waals surface area contributed by atoms with Gasteiger partial charge in [-0.25, -0.2) is 8.42 Å². The summed E-state index contributed by atoms with van der Waals surface area (Å²) in [6, 6.07) is 3.13. The van der Waals surface area contributed by atoms with Crippen LogP contribution in [0.3, 0.4) is 0 Å². The minimum atomic E-state index is -3.61. The molecular weight excluding hydrogens is 360 g/mol. The molecule has 0 aliphatic heterocycles. The van der Waals surface area contributed by atoms with E-state index in [0.29, 0.717) is 0 Å². The average molecular weight is 377 g/mol. The van der Waals surface area contributed by atoms with Crippen molar-refractivity contribution in [2.75, 3.05) is 0 Å². The van der Waals surface area contributed by atoms with Gasteiger partial charge in [0.25, 0.3) is 10.0 Å². The number of thiophene rings is 1. The fraction of sp³-hybridized carbons (Fsp3) is 0.615. The molecule has 1 N–H and O–H groups in total. The number of nitrogens with one attached hydrogen (secondary N) is 1. The maximum atomic E-state index is 12.3. The molecule has 0 spiro atoms. The molecule has 0 saturated heterocycles. The maximum Gasteiger partial charge on any atom is 0.251 e. The zero-order valence-electron chi connectivity index (χ0n) is 11.2. The van der Waals surface area contributed by atoms with E-state index in [1.54, 1.807) is 6.07 Å². The molecule has 20 heavy (non-hydrogen) atoms. The normalized spacial score (nSPS) is 18.6. The first kappa shape index (κ1) is 16.0. The highest BCUT2D eigenvalue weighted by atomic mass is 79.9. The van der Waals surface area contributed by atoms with E-state index in [0.717, 1.165) is 35.0 Å². The Morgan fingerprint density at radius 3 is 2.60 bits per heavy atom. The second-order valence-electron chi connectivity index (χ2n) is 5.15. The first-order valence-electron chi connectivity index (χ1n) is 6.62. The molecule has 0 amide bonds. The van der Waals surface area contributed by atoms with Gasteiger partial charge in [-0.1, -0.05) is 19.3 Å². The summed E-state index contributed by atoms with van der Waals surface area (Å²) in [6.07, 6.45) is 5.18. The Bertz CT molecular complexity index is 593. The summed E-state index contributed by atoms with van der Waals surface area (Å²) in [5.74, 6) is 0.132. The fourth-order valence-electron chi connectivity index (χ4n) is 2.48. The number of hydrogen-bond acceptors (Lipinski definition) is 4. The molecule has 7 heteroatoms. The molecule has 0 radical (unpaired) electrons. The summed E-state index contributed by atoms with van der Waals surface area (Å²) in [5.41, 5.74) is 0.890. The van der Waals surface area contributed by atoms with E-state index in [9.17, 15) is 13.7 Å². The molecular formula is C13H17BrN2O2S2. The van der Waals surface area contributed by atoms with Crippen molar-refractivity contribution in [3.8, 4) is 6.07 Å². The number of hydrogen-bond donors (Lipinski definition) is 1. The van der Waals surface area contributed by atoms with E-state index in [1.165, 1.54) is 17.8 Å². The molecule has 2 rings (SSSR count). The van der Waals surface area contributed by atoms with Gasteiger partial charge in [0.15, 0.2) is 0 Å². The number of halogens is 1. The van der Waals surface area contributed by atoms with Gasteiger partial charge in [0.1, 0.15) is 10.3 Å². The maximum absolute atomic E-state index is 12.3. The standard InChI is InChI=1S/C13H17BrN2O2S2/c1-9-7-12(19-13(9)14)20(17,18)16-11(8-15)10-5-3-2-4-6-10/h7,10-11,16H,2-6H2,1H3. The van der Waals surface area contributed by atoms with Crippen molar-refractivity contribution in [2.45, 2.75) is 49.3 Å². The van der Waals surface area contributed by atoms with Crippen molar-refractivity contribution >= 4 is 37.3 Å². The van der Waals surface area contributed by atoms with Gasteiger partial charge in [-0.15, -0.1) is 11.3 Å². The van der Waals surface area contributed by atoms with E-state index in [4.69, 9.17) is 0 Å². The summed E-state index contributed by atoms with van der Waals surface area (Å²) >= 11 is 4.51. The highest BCUT2D eigenvalue weighted by Crippen LogP contribution is 2.32. The Hall–Kier alpha value is -0.420. The minimum Gasteiger partial charge on any atom is -0.206 e. The second-order valence-corrected chi connectivity index (χ2v) is 9.46. The van der Waals surface area contributed by atoms with Crippen LogP contribution in [0.15, 0.2) is 14.1 Å².